The van der Waals surface area contributed by atoms with Crippen molar-refractivity contribution in [2.75, 3.05) is 11.9 Å². The standard InChI is InChI=1S/C12H15BrO2/c1-3-15-12-5-4-9(2)6-10(12)7-11(14)8-13/h4-6H,3,7-8H2,1-2H3. The van der Waals surface area contributed by atoms with Crippen molar-refractivity contribution in [2.45, 2.75) is 20.3 Å². The normalized spacial score (nSPS) is 10.1. The maximum absolute atomic E-state index is 11.3. The second kappa shape index (κ2) is 5.91. The van der Waals surface area contributed by atoms with Crippen molar-refractivity contribution in [3.05, 3.63) is 29.3 Å². The van der Waals surface area contributed by atoms with Crippen LogP contribution in [0.4, 0.5) is 0 Å². The molecule has 0 saturated carbocycles. The summed E-state index contributed by atoms with van der Waals surface area (Å²) >= 11 is 3.16. The van der Waals surface area contributed by atoms with Gasteiger partial charge >= 0.3 is 0 Å². The summed E-state index contributed by atoms with van der Waals surface area (Å²) < 4.78 is 5.47. The highest BCUT2D eigenvalue weighted by molar-refractivity contribution is 9.09. The Morgan fingerprint density at radius 3 is 2.80 bits per heavy atom. The zero-order valence-electron chi connectivity index (χ0n) is 9.05. The lowest BCUT2D eigenvalue weighted by molar-refractivity contribution is -0.115. The quantitative estimate of drug-likeness (QED) is 0.770. The van der Waals surface area contributed by atoms with Crippen LogP contribution >= 0.6 is 15.9 Å². The van der Waals surface area contributed by atoms with Gasteiger partial charge in [-0.2, -0.15) is 0 Å². The molecule has 0 aliphatic heterocycles. The molecule has 0 N–H and O–H groups in total. The summed E-state index contributed by atoms with van der Waals surface area (Å²) in [6.07, 6.45) is 0.433. The van der Waals surface area contributed by atoms with Crippen molar-refractivity contribution < 1.29 is 9.53 Å². The zero-order chi connectivity index (χ0) is 11.3. The van der Waals surface area contributed by atoms with Crippen LogP contribution in [0.25, 0.3) is 0 Å². The summed E-state index contributed by atoms with van der Waals surface area (Å²) in [5, 5.41) is 0.395. The number of hydrogen-bond donors (Lipinski definition) is 0. The number of alkyl halides is 1. The van der Waals surface area contributed by atoms with E-state index in [1.54, 1.807) is 0 Å². The summed E-state index contributed by atoms with van der Waals surface area (Å²) in [7, 11) is 0. The van der Waals surface area contributed by atoms with Gasteiger partial charge in [-0.05, 0) is 19.9 Å². The summed E-state index contributed by atoms with van der Waals surface area (Å²) in [5.74, 6) is 0.985. The molecule has 0 unspecified atom stereocenters. The molecule has 0 amide bonds. The maximum atomic E-state index is 11.3. The van der Waals surface area contributed by atoms with Crippen molar-refractivity contribution in [1.82, 2.24) is 0 Å². The van der Waals surface area contributed by atoms with Gasteiger partial charge in [0.2, 0.25) is 0 Å². The number of ketones is 1. The van der Waals surface area contributed by atoms with Crippen molar-refractivity contribution in [2.24, 2.45) is 0 Å². The fraction of sp³-hybridized carbons (Fsp3) is 0.417. The molecule has 1 aromatic carbocycles. The third-order valence-corrected chi connectivity index (χ3v) is 2.68. The van der Waals surface area contributed by atoms with E-state index in [1.807, 2.05) is 32.0 Å². The van der Waals surface area contributed by atoms with Crippen LogP contribution in [0.2, 0.25) is 0 Å². The molecular formula is C12H15BrO2. The van der Waals surface area contributed by atoms with Gasteiger partial charge in [0.05, 0.1) is 11.9 Å². The second-order valence-electron chi connectivity index (χ2n) is 3.39. The number of aryl methyl sites for hydroxylation is 1. The van der Waals surface area contributed by atoms with E-state index >= 15 is 0 Å². The first-order valence-corrected chi connectivity index (χ1v) is 6.09. The highest BCUT2D eigenvalue weighted by atomic mass is 79.9. The van der Waals surface area contributed by atoms with Crippen LogP contribution in [0.1, 0.15) is 18.1 Å². The lowest BCUT2D eigenvalue weighted by Crippen LogP contribution is -2.06. The largest absolute Gasteiger partial charge is 0.494 e. The Labute approximate surface area is 98.8 Å². The highest BCUT2D eigenvalue weighted by Gasteiger charge is 2.08. The fourth-order valence-electron chi connectivity index (χ4n) is 1.40. The van der Waals surface area contributed by atoms with Crippen LogP contribution in [0.3, 0.4) is 0 Å². The zero-order valence-corrected chi connectivity index (χ0v) is 10.6. The molecule has 0 heterocycles. The van der Waals surface area contributed by atoms with E-state index in [0.29, 0.717) is 18.4 Å². The molecule has 0 aromatic heterocycles. The van der Waals surface area contributed by atoms with Gasteiger partial charge in [-0.3, -0.25) is 4.79 Å². The molecule has 0 aliphatic carbocycles. The Kier molecular flexibility index (Phi) is 4.82. The molecular weight excluding hydrogens is 256 g/mol. The monoisotopic (exact) mass is 270 g/mol. The number of Topliss-reactive ketones (excluding diaryl/α,β-unsaturated/α-hetero) is 1. The van der Waals surface area contributed by atoms with Crippen LogP contribution in [-0.2, 0) is 11.2 Å². The third kappa shape index (κ3) is 3.67. The molecule has 15 heavy (non-hydrogen) atoms. The minimum absolute atomic E-state index is 0.168. The summed E-state index contributed by atoms with van der Waals surface area (Å²) in [4.78, 5) is 11.3. The molecule has 82 valence electrons. The smallest absolute Gasteiger partial charge is 0.147 e. The van der Waals surface area contributed by atoms with Crippen LogP contribution in [0.5, 0.6) is 5.75 Å². The Balaban J connectivity index is 2.91. The van der Waals surface area contributed by atoms with Crippen LogP contribution in [0.15, 0.2) is 18.2 Å². The first-order valence-electron chi connectivity index (χ1n) is 4.97. The molecule has 1 aromatic rings. The lowest BCUT2D eigenvalue weighted by Gasteiger charge is -2.09. The third-order valence-electron chi connectivity index (χ3n) is 2.05. The second-order valence-corrected chi connectivity index (χ2v) is 3.95. The van der Waals surface area contributed by atoms with E-state index in [1.165, 1.54) is 0 Å². The predicted octanol–water partition coefficient (Wildman–Crippen LogP) is 2.90. The molecule has 0 fully saturated rings. The van der Waals surface area contributed by atoms with Gasteiger partial charge in [0.1, 0.15) is 11.5 Å². The maximum Gasteiger partial charge on any atom is 0.147 e. The van der Waals surface area contributed by atoms with Crippen molar-refractivity contribution in [3.63, 3.8) is 0 Å². The summed E-state index contributed by atoms with van der Waals surface area (Å²) in [6.45, 7) is 4.58. The van der Waals surface area contributed by atoms with Crippen LogP contribution in [0, 0.1) is 6.92 Å². The molecule has 0 bridgehead atoms. The predicted molar refractivity (Wildman–Crippen MR) is 64.9 cm³/mol. The minimum atomic E-state index is 0.168. The number of carbonyl (C=O) groups is 1. The van der Waals surface area contributed by atoms with Gasteiger partial charge in [0.15, 0.2) is 0 Å². The van der Waals surface area contributed by atoms with Gasteiger partial charge in [-0.25, -0.2) is 0 Å². The van der Waals surface area contributed by atoms with E-state index in [-0.39, 0.29) is 5.78 Å². The van der Waals surface area contributed by atoms with Gasteiger partial charge in [-0.1, -0.05) is 33.6 Å². The lowest BCUT2D eigenvalue weighted by atomic mass is 10.1. The van der Waals surface area contributed by atoms with E-state index in [4.69, 9.17) is 4.74 Å². The molecule has 0 atom stereocenters. The number of carbonyl (C=O) groups excluding carboxylic acids is 1. The van der Waals surface area contributed by atoms with E-state index in [9.17, 15) is 4.79 Å². The summed E-state index contributed by atoms with van der Waals surface area (Å²) in [5.41, 5.74) is 2.12. The van der Waals surface area contributed by atoms with Crippen LogP contribution < -0.4 is 4.74 Å². The van der Waals surface area contributed by atoms with Crippen LogP contribution in [-0.4, -0.2) is 17.7 Å². The van der Waals surface area contributed by atoms with E-state index in [2.05, 4.69) is 15.9 Å². The number of ether oxygens (including phenoxy) is 1. The average Bonchev–Trinajstić information content (AvgIpc) is 2.22. The fourth-order valence-corrected chi connectivity index (χ4v) is 1.60. The molecule has 0 saturated heterocycles. The molecule has 2 nitrogen and oxygen atoms in total. The molecule has 0 radical (unpaired) electrons. The Morgan fingerprint density at radius 2 is 2.20 bits per heavy atom. The number of hydrogen-bond acceptors (Lipinski definition) is 2. The van der Waals surface area contributed by atoms with E-state index < -0.39 is 0 Å². The number of halogens is 1. The van der Waals surface area contributed by atoms with Crippen molar-refractivity contribution in [1.29, 1.82) is 0 Å². The SMILES string of the molecule is CCOc1ccc(C)cc1CC(=O)CBr. The van der Waals surface area contributed by atoms with Gasteiger partial charge in [0.25, 0.3) is 0 Å². The van der Waals surface area contributed by atoms with Gasteiger partial charge in [-0.15, -0.1) is 0 Å². The number of benzene rings is 1. The molecule has 1 rings (SSSR count). The average molecular weight is 271 g/mol. The Bertz CT molecular complexity index is 347. The summed E-state index contributed by atoms with van der Waals surface area (Å²) in [6, 6.07) is 5.92. The highest BCUT2D eigenvalue weighted by Crippen LogP contribution is 2.21. The van der Waals surface area contributed by atoms with Crippen molar-refractivity contribution >= 4 is 21.7 Å². The molecule has 0 aliphatic rings. The molecule has 0 spiro atoms. The Morgan fingerprint density at radius 1 is 1.47 bits per heavy atom. The van der Waals surface area contributed by atoms with E-state index in [0.717, 1.165) is 16.9 Å². The minimum Gasteiger partial charge on any atom is -0.494 e. The number of rotatable bonds is 5. The topological polar surface area (TPSA) is 26.3 Å². The van der Waals surface area contributed by atoms with Crippen molar-refractivity contribution in [3.8, 4) is 5.75 Å². The Hall–Kier alpha value is -0.830. The van der Waals surface area contributed by atoms with Gasteiger partial charge in [0, 0.05) is 12.0 Å². The first kappa shape index (κ1) is 12.2. The molecule has 3 heteroatoms. The first-order chi connectivity index (χ1) is 7.17. The van der Waals surface area contributed by atoms with Gasteiger partial charge < -0.3 is 4.74 Å².